The maximum Gasteiger partial charge on any atom is 0.253 e. The second-order valence-electron chi connectivity index (χ2n) is 5.50. The molecule has 0 spiro atoms. The molecule has 1 amide bonds. The number of carbonyl (C=O) groups is 1. The highest BCUT2D eigenvalue weighted by atomic mass is 32.2. The van der Waals surface area contributed by atoms with E-state index in [-0.39, 0.29) is 10.8 Å². The third-order valence-electron chi connectivity index (χ3n) is 3.97. The van der Waals surface area contributed by atoms with Gasteiger partial charge in [0.25, 0.3) is 5.91 Å². The summed E-state index contributed by atoms with van der Waals surface area (Å²) in [6.07, 6.45) is 6.89. The van der Waals surface area contributed by atoms with E-state index in [1.54, 1.807) is 17.0 Å². The van der Waals surface area contributed by atoms with Crippen LogP contribution in [0.4, 0.5) is 0 Å². The maximum atomic E-state index is 12.4. The number of amides is 1. The van der Waals surface area contributed by atoms with Gasteiger partial charge in [-0.3, -0.25) is 4.79 Å². The molecule has 20 heavy (non-hydrogen) atoms. The van der Waals surface area contributed by atoms with Crippen LogP contribution in [0.25, 0.3) is 0 Å². The third kappa shape index (κ3) is 3.39. The summed E-state index contributed by atoms with van der Waals surface area (Å²) in [6, 6.07) is 6.50. The first-order valence-electron chi connectivity index (χ1n) is 6.97. The van der Waals surface area contributed by atoms with Gasteiger partial charge in [-0.05, 0) is 37.1 Å². The van der Waals surface area contributed by atoms with Crippen LogP contribution in [0.2, 0.25) is 0 Å². The van der Waals surface area contributed by atoms with Gasteiger partial charge in [0.2, 0.25) is 0 Å². The molecule has 1 aromatic carbocycles. The van der Waals surface area contributed by atoms with Gasteiger partial charge in [0.15, 0.2) is 9.84 Å². The summed E-state index contributed by atoms with van der Waals surface area (Å²) in [6.45, 7) is 0. The van der Waals surface area contributed by atoms with Gasteiger partial charge in [-0.1, -0.05) is 19.3 Å². The zero-order valence-electron chi connectivity index (χ0n) is 12.0. The molecule has 0 N–H and O–H groups in total. The van der Waals surface area contributed by atoms with Crippen molar-refractivity contribution in [3.63, 3.8) is 0 Å². The quantitative estimate of drug-likeness (QED) is 0.861. The number of carbonyl (C=O) groups excluding carboxylic acids is 1. The zero-order chi connectivity index (χ0) is 14.8. The fraction of sp³-hybridized carbons (Fsp3) is 0.533. The Hall–Kier alpha value is -1.36. The smallest absolute Gasteiger partial charge is 0.253 e. The summed E-state index contributed by atoms with van der Waals surface area (Å²) in [4.78, 5) is 14.4. The van der Waals surface area contributed by atoms with Crippen LogP contribution in [0.5, 0.6) is 0 Å². The SMILES string of the molecule is CN(C(=O)c1ccc(S(C)(=O)=O)cc1)C1CCCCC1. The van der Waals surface area contributed by atoms with Gasteiger partial charge in [0.1, 0.15) is 0 Å². The van der Waals surface area contributed by atoms with Crippen LogP contribution in [0.15, 0.2) is 29.2 Å². The van der Waals surface area contributed by atoms with Gasteiger partial charge in [-0.15, -0.1) is 0 Å². The molecule has 0 bridgehead atoms. The molecule has 1 aromatic rings. The predicted octanol–water partition coefficient (Wildman–Crippen LogP) is 2.49. The molecule has 0 aromatic heterocycles. The van der Waals surface area contributed by atoms with Crippen LogP contribution >= 0.6 is 0 Å². The molecule has 0 unspecified atom stereocenters. The molecule has 1 saturated carbocycles. The minimum absolute atomic E-state index is 0.0306. The molecule has 110 valence electrons. The molecule has 2 rings (SSSR count). The molecule has 0 aliphatic heterocycles. The Bertz CT molecular complexity index is 572. The first-order chi connectivity index (χ1) is 9.39. The number of sulfone groups is 1. The summed E-state index contributed by atoms with van der Waals surface area (Å²) in [5, 5.41) is 0. The molecular formula is C15H21NO3S. The van der Waals surface area contributed by atoms with Crippen LogP contribution in [-0.2, 0) is 9.84 Å². The minimum Gasteiger partial charge on any atom is -0.339 e. The van der Waals surface area contributed by atoms with Crippen molar-refractivity contribution < 1.29 is 13.2 Å². The number of hydrogen-bond acceptors (Lipinski definition) is 3. The van der Waals surface area contributed by atoms with Crippen molar-refractivity contribution >= 4 is 15.7 Å². The van der Waals surface area contributed by atoms with E-state index in [0.717, 1.165) is 19.1 Å². The lowest BCUT2D eigenvalue weighted by Crippen LogP contribution is -2.38. The third-order valence-corrected chi connectivity index (χ3v) is 5.10. The molecule has 1 aliphatic rings. The molecule has 1 fully saturated rings. The average Bonchev–Trinajstić information content (AvgIpc) is 2.46. The van der Waals surface area contributed by atoms with E-state index in [4.69, 9.17) is 0 Å². The summed E-state index contributed by atoms with van der Waals surface area (Å²) < 4.78 is 22.8. The molecular weight excluding hydrogens is 274 g/mol. The Kier molecular flexibility index (Phi) is 4.48. The summed E-state index contributed by atoms with van der Waals surface area (Å²) in [7, 11) is -1.37. The maximum absolute atomic E-state index is 12.4. The first-order valence-corrected chi connectivity index (χ1v) is 8.86. The summed E-state index contributed by atoms with van der Waals surface area (Å²) in [5.74, 6) is -0.0306. The number of rotatable bonds is 3. The molecule has 4 nitrogen and oxygen atoms in total. The monoisotopic (exact) mass is 295 g/mol. The molecule has 1 aliphatic carbocycles. The highest BCUT2D eigenvalue weighted by molar-refractivity contribution is 7.90. The average molecular weight is 295 g/mol. The predicted molar refractivity (Wildman–Crippen MR) is 78.5 cm³/mol. The number of nitrogens with zero attached hydrogens (tertiary/aromatic N) is 1. The second kappa shape index (κ2) is 5.95. The molecule has 5 heteroatoms. The van der Waals surface area contributed by atoms with Crippen molar-refractivity contribution in [1.29, 1.82) is 0 Å². The van der Waals surface area contributed by atoms with Gasteiger partial charge < -0.3 is 4.90 Å². The Morgan fingerprint density at radius 1 is 1.10 bits per heavy atom. The standard InChI is InChI=1S/C15H21NO3S/c1-16(13-6-4-3-5-7-13)15(17)12-8-10-14(11-9-12)20(2,18)19/h8-11,13H,3-7H2,1-2H3. The Morgan fingerprint density at radius 3 is 2.15 bits per heavy atom. The van der Waals surface area contributed by atoms with E-state index < -0.39 is 9.84 Å². The van der Waals surface area contributed by atoms with Crippen LogP contribution in [0.3, 0.4) is 0 Å². The van der Waals surface area contributed by atoms with E-state index >= 15 is 0 Å². The van der Waals surface area contributed by atoms with Crippen LogP contribution < -0.4 is 0 Å². The van der Waals surface area contributed by atoms with E-state index in [1.165, 1.54) is 31.4 Å². The molecule has 0 saturated heterocycles. The topological polar surface area (TPSA) is 54.5 Å². The van der Waals surface area contributed by atoms with Crippen molar-refractivity contribution in [1.82, 2.24) is 4.90 Å². The fourth-order valence-corrected chi connectivity index (χ4v) is 3.31. The van der Waals surface area contributed by atoms with E-state index in [9.17, 15) is 13.2 Å². The lowest BCUT2D eigenvalue weighted by atomic mass is 9.94. The van der Waals surface area contributed by atoms with Gasteiger partial charge in [-0.2, -0.15) is 0 Å². The fourth-order valence-electron chi connectivity index (χ4n) is 2.68. The Morgan fingerprint density at radius 2 is 1.65 bits per heavy atom. The zero-order valence-corrected chi connectivity index (χ0v) is 12.8. The highest BCUT2D eigenvalue weighted by Crippen LogP contribution is 2.23. The first kappa shape index (κ1) is 15.0. The van der Waals surface area contributed by atoms with Crippen molar-refractivity contribution in [3.8, 4) is 0 Å². The van der Waals surface area contributed by atoms with Crippen LogP contribution in [0.1, 0.15) is 42.5 Å². The molecule has 0 radical (unpaired) electrons. The van der Waals surface area contributed by atoms with Crippen molar-refractivity contribution in [2.75, 3.05) is 13.3 Å². The van der Waals surface area contributed by atoms with Gasteiger partial charge in [0, 0.05) is 24.9 Å². The van der Waals surface area contributed by atoms with Gasteiger partial charge >= 0.3 is 0 Å². The Labute approximate surface area is 120 Å². The molecule has 0 heterocycles. The van der Waals surface area contributed by atoms with Crippen molar-refractivity contribution in [3.05, 3.63) is 29.8 Å². The molecule has 0 atom stereocenters. The largest absolute Gasteiger partial charge is 0.339 e. The summed E-state index contributed by atoms with van der Waals surface area (Å²) in [5.41, 5.74) is 0.547. The number of hydrogen-bond donors (Lipinski definition) is 0. The van der Waals surface area contributed by atoms with E-state index in [2.05, 4.69) is 0 Å². The summed E-state index contributed by atoms with van der Waals surface area (Å²) >= 11 is 0. The van der Waals surface area contributed by atoms with Crippen molar-refractivity contribution in [2.45, 2.75) is 43.0 Å². The van der Waals surface area contributed by atoms with Crippen LogP contribution in [-0.4, -0.2) is 38.6 Å². The Balaban J connectivity index is 2.12. The minimum atomic E-state index is -3.21. The lowest BCUT2D eigenvalue weighted by Gasteiger charge is -2.31. The highest BCUT2D eigenvalue weighted by Gasteiger charge is 2.23. The van der Waals surface area contributed by atoms with Gasteiger partial charge in [0.05, 0.1) is 4.90 Å². The van der Waals surface area contributed by atoms with E-state index in [1.807, 2.05) is 7.05 Å². The van der Waals surface area contributed by atoms with Crippen LogP contribution in [0, 0.1) is 0 Å². The normalized spacial score (nSPS) is 16.9. The second-order valence-corrected chi connectivity index (χ2v) is 7.52. The lowest BCUT2D eigenvalue weighted by molar-refractivity contribution is 0.0696. The van der Waals surface area contributed by atoms with Crippen molar-refractivity contribution in [2.24, 2.45) is 0 Å². The van der Waals surface area contributed by atoms with Gasteiger partial charge in [-0.25, -0.2) is 8.42 Å². The van der Waals surface area contributed by atoms with E-state index in [0.29, 0.717) is 11.6 Å². The number of benzene rings is 1.